The molecular formula is C14H26N8S2. The molecule has 134 valence electrons. The molecule has 0 aromatic carbocycles. The van der Waals surface area contributed by atoms with Crippen LogP contribution < -0.4 is 0 Å². The summed E-state index contributed by atoms with van der Waals surface area (Å²) in [7, 11) is 3.03. The van der Waals surface area contributed by atoms with Gasteiger partial charge in [0.25, 0.3) is 0 Å². The van der Waals surface area contributed by atoms with Crippen molar-refractivity contribution in [2.75, 3.05) is 0 Å². The molecule has 0 atom stereocenters. The lowest BCUT2D eigenvalue weighted by Crippen LogP contribution is -2.03. The summed E-state index contributed by atoms with van der Waals surface area (Å²) in [6, 6.07) is 0. The Morgan fingerprint density at radius 2 is 1.12 bits per heavy atom. The van der Waals surface area contributed by atoms with Crippen LogP contribution in [0.1, 0.15) is 65.2 Å². The maximum atomic E-state index is 4.10. The predicted molar refractivity (Wildman–Crippen MR) is 95.6 cm³/mol. The number of hydrogen-bond donors (Lipinski definition) is 0. The average molecular weight is 371 g/mol. The third-order valence-electron chi connectivity index (χ3n) is 3.64. The lowest BCUT2D eigenvalue weighted by Gasteiger charge is -2.04. The summed E-state index contributed by atoms with van der Waals surface area (Å²) in [4.78, 5) is 0. The van der Waals surface area contributed by atoms with Gasteiger partial charge in [-0.2, -0.15) is 0 Å². The highest BCUT2D eigenvalue weighted by Gasteiger charge is 2.12. The number of hydrogen-bond acceptors (Lipinski definition) is 8. The van der Waals surface area contributed by atoms with Crippen LogP contribution >= 0.6 is 21.6 Å². The molecule has 2 heterocycles. The van der Waals surface area contributed by atoms with E-state index in [1.165, 1.54) is 60.1 Å². The minimum absolute atomic E-state index is 0.803. The maximum Gasteiger partial charge on any atom is 0.220 e. The Morgan fingerprint density at radius 1 is 0.667 bits per heavy atom. The first kappa shape index (κ1) is 19.2. The van der Waals surface area contributed by atoms with Gasteiger partial charge in [0.1, 0.15) is 0 Å². The zero-order chi connectivity index (χ0) is 17.0. The third-order valence-corrected chi connectivity index (χ3v) is 5.75. The van der Waals surface area contributed by atoms with Gasteiger partial charge in [-0.15, -0.1) is 10.2 Å². The second-order valence-corrected chi connectivity index (χ2v) is 7.72. The van der Waals surface area contributed by atoms with Crippen LogP contribution in [-0.4, -0.2) is 40.4 Å². The van der Waals surface area contributed by atoms with E-state index in [-0.39, 0.29) is 0 Å². The largest absolute Gasteiger partial charge is 0.220 e. The molecule has 0 fully saturated rings. The monoisotopic (exact) mass is 370 g/mol. The van der Waals surface area contributed by atoms with Crippen LogP contribution in [0.3, 0.4) is 0 Å². The average Bonchev–Trinajstić information content (AvgIpc) is 3.22. The van der Waals surface area contributed by atoms with Gasteiger partial charge in [-0.05, 0) is 55.3 Å². The fraction of sp³-hybridized carbons (Fsp3) is 0.857. The summed E-state index contributed by atoms with van der Waals surface area (Å²) in [6.45, 7) is 6.14. The van der Waals surface area contributed by atoms with E-state index < -0.39 is 0 Å². The highest BCUT2D eigenvalue weighted by atomic mass is 33.1. The van der Waals surface area contributed by atoms with Crippen molar-refractivity contribution in [2.45, 2.75) is 88.6 Å². The van der Waals surface area contributed by atoms with Crippen LogP contribution in [0.25, 0.3) is 0 Å². The Hall–Kier alpha value is -1.16. The number of unbranched alkanes of at least 4 members (excludes halogenated alkanes) is 6. The van der Waals surface area contributed by atoms with Gasteiger partial charge in [0.2, 0.25) is 10.3 Å². The lowest BCUT2D eigenvalue weighted by atomic mass is 10.2. The summed E-state index contributed by atoms with van der Waals surface area (Å²) in [5.41, 5.74) is 0. The molecule has 0 saturated carbocycles. The summed E-state index contributed by atoms with van der Waals surface area (Å²) < 4.78 is 3.73. The first-order chi connectivity index (χ1) is 11.8. The summed E-state index contributed by atoms with van der Waals surface area (Å²) in [6.07, 6.45) is 9.60. The molecule has 0 saturated heterocycles. The van der Waals surface area contributed by atoms with E-state index in [9.17, 15) is 0 Å². The lowest BCUT2D eigenvalue weighted by molar-refractivity contribution is 0.498. The molecule has 0 unspecified atom stereocenters. The maximum absolute atomic E-state index is 4.10. The molecule has 0 radical (unpaired) electrons. The van der Waals surface area contributed by atoms with Crippen molar-refractivity contribution >= 4 is 21.6 Å². The zero-order valence-electron chi connectivity index (χ0n) is 14.5. The van der Waals surface area contributed by atoms with Crippen LogP contribution in [0.5, 0.6) is 0 Å². The van der Waals surface area contributed by atoms with Gasteiger partial charge in [0.05, 0.1) is 0 Å². The Kier molecular flexibility index (Phi) is 9.11. The van der Waals surface area contributed by atoms with Crippen LogP contribution in [0.2, 0.25) is 0 Å². The number of nitrogens with zero attached hydrogens (tertiary/aromatic N) is 8. The zero-order valence-corrected chi connectivity index (χ0v) is 16.1. The molecule has 2 aromatic heterocycles. The Morgan fingerprint density at radius 3 is 1.54 bits per heavy atom. The highest BCUT2D eigenvalue weighted by molar-refractivity contribution is 8.76. The van der Waals surface area contributed by atoms with E-state index in [0.717, 1.165) is 36.2 Å². The minimum Gasteiger partial charge on any atom is -0.220 e. The fourth-order valence-corrected chi connectivity index (χ4v) is 4.12. The normalized spacial score (nSPS) is 11.2. The second-order valence-electron chi connectivity index (χ2n) is 5.66. The molecule has 2 rings (SSSR count). The second kappa shape index (κ2) is 11.4. The molecular weight excluding hydrogens is 344 g/mol. The molecule has 2 aromatic rings. The molecule has 8 nitrogen and oxygen atoms in total. The van der Waals surface area contributed by atoms with E-state index in [0.29, 0.717) is 0 Å². The van der Waals surface area contributed by atoms with Crippen LogP contribution in [0, 0.1) is 0 Å². The van der Waals surface area contributed by atoms with E-state index in [4.69, 9.17) is 0 Å². The van der Waals surface area contributed by atoms with E-state index in [1.807, 2.05) is 9.36 Å². The van der Waals surface area contributed by atoms with Gasteiger partial charge in [0.15, 0.2) is 0 Å². The van der Waals surface area contributed by atoms with Crippen LogP contribution in [0.15, 0.2) is 10.3 Å². The molecule has 10 heteroatoms. The molecule has 0 aliphatic rings. The van der Waals surface area contributed by atoms with Gasteiger partial charge >= 0.3 is 0 Å². The van der Waals surface area contributed by atoms with Crippen molar-refractivity contribution in [3.63, 3.8) is 0 Å². The van der Waals surface area contributed by atoms with E-state index in [2.05, 4.69) is 44.9 Å². The van der Waals surface area contributed by atoms with Gasteiger partial charge in [-0.3, -0.25) is 0 Å². The molecule has 0 aliphatic heterocycles. The summed E-state index contributed by atoms with van der Waals surface area (Å²) >= 11 is 0. The first-order valence-electron chi connectivity index (χ1n) is 8.72. The van der Waals surface area contributed by atoms with Crippen molar-refractivity contribution in [1.82, 2.24) is 40.4 Å². The molecule has 0 spiro atoms. The predicted octanol–water partition coefficient (Wildman–Crippen LogP) is 3.62. The van der Waals surface area contributed by atoms with Gasteiger partial charge in [-0.1, -0.05) is 52.4 Å². The molecule has 0 bridgehead atoms. The number of rotatable bonds is 13. The van der Waals surface area contributed by atoms with Crippen LogP contribution in [0.4, 0.5) is 0 Å². The third kappa shape index (κ3) is 6.39. The number of aryl methyl sites for hydroxylation is 2. The van der Waals surface area contributed by atoms with Crippen molar-refractivity contribution in [3.8, 4) is 0 Å². The van der Waals surface area contributed by atoms with Gasteiger partial charge < -0.3 is 0 Å². The van der Waals surface area contributed by atoms with Crippen molar-refractivity contribution in [2.24, 2.45) is 0 Å². The van der Waals surface area contributed by atoms with Crippen LogP contribution in [-0.2, 0) is 13.1 Å². The SMILES string of the molecule is CCCCCCn1nnnc1SSc1nnnn1CCCCCC. The fourth-order valence-electron chi connectivity index (χ4n) is 2.24. The van der Waals surface area contributed by atoms with Crippen molar-refractivity contribution < 1.29 is 0 Å². The summed E-state index contributed by atoms with van der Waals surface area (Å²) in [5.74, 6) is 0. The smallest absolute Gasteiger partial charge is 0.220 e. The number of aromatic nitrogens is 8. The quantitative estimate of drug-likeness (QED) is 0.390. The van der Waals surface area contributed by atoms with E-state index in [1.54, 1.807) is 0 Å². The van der Waals surface area contributed by atoms with Crippen molar-refractivity contribution in [1.29, 1.82) is 0 Å². The molecule has 0 amide bonds. The minimum atomic E-state index is 0.803. The Labute approximate surface area is 150 Å². The molecule has 24 heavy (non-hydrogen) atoms. The van der Waals surface area contributed by atoms with Gasteiger partial charge in [0, 0.05) is 13.1 Å². The Balaban J connectivity index is 1.79. The Bertz CT molecular complexity index is 520. The van der Waals surface area contributed by atoms with E-state index >= 15 is 0 Å². The standard InChI is InChI=1S/C14H26N8S2/c1-3-5-7-9-11-21-13(15-17-19-21)23-24-14-16-18-20-22(14)12-10-8-6-4-2/h3-12H2,1-2H3. The molecule has 0 aliphatic carbocycles. The number of tetrazole rings is 2. The van der Waals surface area contributed by atoms with Crippen molar-refractivity contribution in [3.05, 3.63) is 0 Å². The highest BCUT2D eigenvalue weighted by Crippen LogP contribution is 2.34. The first-order valence-corrected chi connectivity index (χ1v) is 10.9. The van der Waals surface area contributed by atoms with Gasteiger partial charge in [-0.25, -0.2) is 9.36 Å². The summed E-state index contributed by atoms with van der Waals surface area (Å²) in [5, 5.41) is 25.5. The topological polar surface area (TPSA) is 87.2 Å². The molecule has 0 N–H and O–H groups in total.